The van der Waals surface area contributed by atoms with Gasteiger partial charge in [0.25, 0.3) is 11.8 Å². The van der Waals surface area contributed by atoms with Crippen LogP contribution in [0, 0.1) is 23.7 Å². The molecule has 29 heteroatoms. The van der Waals surface area contributed by atoms with Crippen molar-refractivity contribution in [3.05, 3.63) is 71.6 Å². The second-order valence-corrected chi connectivity index (χ2v) is 25.8. The molecule has 12 amide bonds. The Balaban J connectivity index is 1.60. The van der Waals surface area contributed by atoms with Gasteiger partial charge in [-0.15, -0.1) is 0 Å². The number of pyridine rings is 2. The Morgan fingerprint density at radius 1 is 0.564 bits per heavy atom. The summed E-state index contributed by atoms with van der Waals surface area (Å²) < 4.78 is 5.38. The van der Waals surface area contributed by atoms with Crippen LogP contribution in [0.3, 0.4) is 0 Å². The third kappa shape index (κ3) is 25.3. The Morgan fingerprint density at radius 3 is 1.34 bits per heavy atom. The van der Waals surface area contributed by atoms with Gasteiger partial charge in [-0.3, -0.25) is 62.7 Å². The molecule has 0 saturated carbocycles. The normalized spacial score (nSPS) is 16.9. The Kier molecular flexibility index (Phi) is 31.2. The lowest BCUT2D eigenvalue weighted by Crippen LogP contribution is -2.59. The minimum atomic E-state index is -1.37. The lowest BCUT2D eigenvalue weighted by atomic mass is 10.00. The van der Waals surface area contributed by atoms with Crippen LogP contribution in [-0.2, 0) is 62.3 Å². The highest BCUT2D eigenvalue weighted by Gasteiger charge is 2.41. The highest BCUT2D eigenvalue weighted by molar-refractivity contribution is 6.06. The average molecular weight is 1310 g/mol. The molecule has 0 spiro atoms. The van der Waals surface area contributed by atoms with Gasteiger partial charge in [0, 0.05) is 51.0 Å². The number of rotatable bonds is 36. The van der Waals surface area contributed by atoms with Crippen molar-refractivity contribution >= 4 is 90.2 Å². The largest absolute Gasteiger partial charge is 0.480 e. The number of carbonyl (C=O) groups excluding carboxylic acids is 12. The van der Waals surface area contributed by atoms with E-state index in [1.165, 1.54) is 41.8 Å². The van der Waals surface area contributed by atoms with E-state index in [-0.39, 0.29) is 101 Å². The van der Waals surface area contributed by atoms with E-state index in [9.17, 15) is 67.4 Å². The number of nitrogens with one attached hydrogen (secondary N) is 10. The van der Waals surface area contributed by atoms with E-state index in [1.54, 1.807) is 100 Å². The van der Waals surface area contributed by atoms with E-state index in [0.717, 1.165) is 4.90 Å². The third-order valence-corrected chi connectivity index (χ3v) is 15.2. The van der Waals surface area contributed by atoms with Crippen molar-refractivity contribution in [3.8, 4) is 0 Å². The van der Waals surface area contributed by atoms with Gasteiger partial charge >= 0.3 is 12.1 Å². The lowest BCUT2D eigenvalue weighted by molar-refractivity contribution is -0.147. The van der Waals surface area contributed by atoms with Gasteiger partial charge in [-0.05, 0) is 144 Å². The maximum Gasteiger partial charge on any atom is 0.408 e. The molecule has 29 nitrogen and oxygen atoms in total. The number of likely N-dealkylation sites (tertiary alicyclic amines) is 2. The molecule has 2 fully saturated rings. The summed E-state index contributed by atoms with van der Waals surface area (Å²) in [7, 11) is 0. The molecule has 0 aliphatic carbocycles. The fourth-order valence-corrected chi connectivity index (χ4v) is 10.6. The molecule has 11 N–H and O–H groups in total. The van der Waals surface area contributed by atoms with E-state index in [2.05, 4.69) is 63.1 Å². The number of carboxylic acids is 1. The first-order valence-corrected chi connectivity index (χ1v) is 32.0. The molecule has 2 aliphatic rings. The Hall–Kier alpha value is -9.31. The second kappa shape index (κ2) is 38.0. The first kappa shape index (κ1) is 77.1. The summed E-state index contributed by atoms with van der Waals surface area (Å²) in [6.45, 7) is 19.2. The van der Waals surface area contributed by atoms with Gasteiger partial charge in [0.2, 0.25) is 54.2 Å². The molecule has 4 heterocycles. The molecule has 0 radical (unpaired) electrons. The minimum absolute atomic E-state index is 0.0120. The standard InChI is InChI=1S/C65H96N14O15/c1-38(2)30-46(73-55(83)45(21-15-27-69-37-81)71-60(88)53(41(7)8)77-64(93)94-65(9,10)11)56(84)74-48(32-42-18-12-24-66-34-42)61(89)78-28-16-22-50(78)58(86)76-52(40(5)6)59(87)70-44(20-14-26-68-36-80)54(82)72-47(31-39(3)4)57(85)75-49(33-43-19-13-25-67-35-43)62(90)79-29-17-23-51(79)63(91)92/h12-13,18-19,24-25,32-41,44-47,50-53H,14-17,20-23,26-31H2,1-11H3,(H,68,80)(H,69,81)(H,70,87)(H,71,88)(H,72,82)(H,73,83)(H,74,84)(H,75,85)(H,76,86)(H,77,93)(H,91,92)/b48-32-,49-33-/t44-,45-,46-,47-,50-,51-,52-,53-/m0/s1. The number of hydrogen-bond donors (Lipinski definition) is 11. The number of ether oxygens (including phenoxy) is 1. The number of amides is 12. The van der Waals surface area contributed by atoms with Gasteiger partial charge < -0.3 is 72.8 Å². The van der Waals surface area contributed by atoms with Crippen molar-refractivity contribution in [2.75, 3.05) is 26.2 Å². The highest BCUT2D eigenvalue weighted by atomic mass is 16.6. The van der Waals surface area contributed by atoms with Crippen molar-refractivity contribution in [1.82, 2.24) is 72.9 Å². The lowest BCUT2D eigenvalue weighted by Gasteiger charge is -2.30. The average Bonchev–Trinajstić information content (AvgIpc) is 1.77. The smallest absolute Gasteiger partial charge is 0.408 e. The van der Waals surface area contributed by atoms with Crippen molar-refractivity contribution in [2.24, 2.45) is 23.7 Å². The monoisotopic (exact) mass is 1310 g/mol. The predicted octanol–water partition coefficient (Wildman–Crippen LogP) is 1.93. The minimum Gasteiger partial charge on any atom is -0.480 e. The molecule has 8 atom stereocenters. The van der Waals surface area contributed by atoms with Crippen LogP contribution in [0.4, 0.5) is 4.79 Å². The zero-order valence-electron chi connectivity index (χ0n) is 55.7. The third-order valence-electron chi connectivity index (χ3n) is 15.2. The van der Waals surface area contributed by atoms with Crippen LogP contribution in [0.5, 0.6) is 0 Å². The van der Waals surface area contributed by atoms with Crippen molar-refractivity contribution in [3.63, 3.8) is 0 Å². The molecule has 2 aromatic rings. The number of hydrogen-bond acceptors (Lipinski definition) is 16. The van der Waals surface area contributed by atoms with Crippen molar-refractivity contribution in [2.45, 2.75) is 194 Å². The molecular formula is C65H96N14O15. The van der Waals surface area contributed by atoms with E-state index >= 15 is 0 Å². The van der Waals surface area contributed by atoms with E-state index in [4.69, 9.17) is 4.74 Å². The molecule has 2 aromatic heterocycles. The number of carbonyl (C=O) groups is 13. The van der Waals surface area contributed by atoms with Crippen molar-refractivity contribution < 1.29 is 72.2 Å². The van der Waals surface area contributed by atoms with Crippen LogP contribution >= 0.6 is 0 Å². The Bertz CT molecular complexity index is 3010. The molecule has 4 rings (SSSR count). The SMILES string of the molecule is CC(C)C[C@H](NC(=O)[C@H](CCCNC=O)NC(=O)[C@@H](NC(=O)[C@@H]1CCCN1C(=O)/C(=C/c1cccnc1)NC(=O)[C@H](CC(C)C)NC(=O)[C@H](CCCNC=O)NC(=O)[C@@H](NC(=O)OC(C)(C)C)C(C)C)C(C)C)C(=O)N/C(=C\c1cccnc1)C(=O)N1CCC[C@H]1C(=O)O. The van der Waals surface area contributed by atoms with Gasteiger partial charge in [0.05, 0.1) is 0 Å². The van der Waals surface area contributed by atoms with E-state index < -0.39 is 131 Å². The fraction of sp³-hybridized carbons (Fsp3) is 0.585. The van der Waals surface area contributed by atoms with Gasteiger partial charge in [0.15, 0.2) is 0 Å². The molecule has 94 heavy (non-hydrogen) atoms. The summed E-state index contributed by atoms with van der Waals surface area (Å²) >= 11 is 0. The number of alkyl carbamates (subject to hydrolysis) is 1. The Morgan fingerprint density at radius 2 is 0.968 bits per heavy atom. The molecule has 2 saturated heterocycles. The molecule has 0 bridgehead atoms. The van der Waals surface area contributed by atoms with Gasteiger partial charge in [-0.25, -0.2) is 9.59 Å². The summed E-state index contributed by atoms with van der Waals surface area (Å²) in [6, 6.07) is -3.65. The second-order valence-electron chi connectivity index (χ2n) is 25.8. The number of nitrogens with zero attached hydrogens (tertiary/aromatic N) is 4. The topological polar surface area (TPSA) is 404 Å². The van der Waals surface area contributed by atoms with Crippen molar-refractivity contribution in [1.29, 1.82) is 0 Å². The fourth-order valence-electron chi connectivity index (χ4n) is 10.6. The first-order chi connectivity index (χ1) is 44.4. The Labute approximate surface area is 549 Å². The maximum absolute atomic E-state index is 14.9. The molecule has 2 aliphatic heterocycles. The number of aromatic nitrogens is 2. The van der Waals surface area contributed by atoms with Gasteiger partial charge in [0.1, 0.15) is 65.3 Å². The van der Waals surface area contributed by atoms with Crippen LogP contribution in [-0.4, -0.2) is 183 Å². The predicted molar refractivity (Wildman–Crippen MR) is 346 cm³/mol. The molecule has 516 valence electrons. The van der Waals surface area contributed by atoms with Crippen LogP contribution in [0.2, 0.25) is 0 Å². The first-order valence-electron chi connectivity index (χ1n) is 32.0. The number of carboxylic acid groups (broad SMARTS) is 1. The zero-order chi connectivity index (χ0) is 69.8. The summed E-state index contributed by atoms with van der Waals surface area (Å²) in [6.07, 6.45) is 10.1. The van der Waals surface area contributed by atoms with E-state index in [0.29, 0.717) is 36.8 Å². The quantitative estimate of drug-likeness (QED) is 0.0264. The summed E-state index contributed by atoms with van der Waals surface area (Å²) in [4.78, 5) is 188. The molecule has 0 unspecified atom stereocenters. The van der Waals surface area contributed by atoms with Crippen LogP contribution in [0.1, 0.15) is 151 Å². The molecular weight excluding hydrogens is 1220 g/mol. The van der Waals surface area contributed by atoms with Crippen LogP contribution in [0.15, 0.2) is 60.4 Å². The molecule has 0 aromatic carbocycles. The van der Waals surface area contributed by atoms with Gasteiger partial charge in [-0.1, -0.05) is 67.5 Å². The zero-order valence-corrected chi connectivity index (χ0v) is 55.7. The number of aliphatic carboxylic acids is 1. The summed E-state index contributed by atoms with van der Waals surface area (Å²) in [5, 5.41) is 36.5. The highest BCUT2D eigenvalue weighted by Crippen LogP contribution is 2.24. The van der Waals surface area contributed by atoms with Gasteiger partial charge in [-0.2, -0.15) is 0 Å². The van der Waals surface area contributed by atoms with Crippen LogP contribution < -0.4 is 53.2 Å². The van der Waals surface area contributed by atoms with E-state index in [1.807, 2.05) is 0 Å². The summed E-state index contributed by atoms with van der Waals surface area (Å²) in [5.74, 6) is -9.83. The maximum atomic E-state index is 14.9. The summed E-state index contributed by atoms with van der Waals surface area (Å²) in [5.41, 5.74) is -0.654. The van der Waals surface area contributed by atoms with Crippen LogP contribution in [0.25, 0.3) is 12.2 Å².